The van der Waals surface area contributed by atoms with E-state index in [-0.39, 0.29) is 11.9 Å². The van der Waals surface area contributed by atoms with Crippen molar-refractivity contribution in [3.05, 3.63) is 0 Å². The number of rotatable bonds is 5. The van der Waals surface area contributed by atoms with Gasteiger partial charge in [-0.25, -0.2) is 4.79 Å². The van der Waals surface area contributed by atoms with E-state index in [2.05, 4.69) is 15.5 Å². The molecule has 0 saturated heterocycles. The molecule has 1 aliphatic carbocycles. The summed E-state index contributed by atoms with van der Waals surface area (Å²) in [5.41, 5.74) is 5.84. The monoisotopic (exact) mass is 284 g/mol. The van der Waals surface area contributed by atoms with E-state index in [9.17, 15) is 9.59 Å². The van der Waals surface area contributed by atoms with Gasteiger partial charge in [0.15, 0.2) is 0 Å². The molecule has 0 aliphatic heterocycles. The fourth-order valence-corrected chi connectivity index (χ4v) is 2.89. The van der Waals surface area contributed by atoms with E-state index in [1.54, 1.807) is 0 Å². The van der Waals surface area contributed by atoms with Crippen LogP contribution in [-0.2, 0) is 4.79 Å². The zero-order valence-corrected chi connectivity index (χ0v) is 12.8. The van der Waals surface area contributed by atoms with Crippen molar-refractivity contribution in [2.24, 2.45) is 11.7 Å². The summed E-state index contributed by atoms with van der Waals surface area (Å²) in [5, 5.41) is 4.93. The second-order valence-electron chi connectivity index (χ2n) is 5.54. The van der Waals surface area contributed by atoms with Crippen LogP contribution in [0, 0.1) is 5.92 Å². The lowest BCUT2D eigenvalue weighted by molar-refractivity contribution is -0.125. The van der Waals surface area contributed by atoms with Crippen molar-refractivity contribution in [1.29, 1.82) is 0 Å². The van der Waals surface area contributed by atoms with Crippen LogP contribution in [0.15, 0.2) is 0 Å². The first-order valence-corrected chi connectivity index (χ1v) is 7.51. The van der Waals surface area contributed by atoms with Crippen LogP contribution in [0.3, 0.4) is 0 Å². The number of hydrogen-bond acceptors (Lipinski definition) is 4. The van der Waals surface area contributed by atoms with Crippen LogP contribution in [0.2, 0.25) is 0 Å². The Bertz CT molecular complexity index is 335. The average Bonchev–Trinajstić information content (AvgIpc) is 2.45. The highest BCUT2D eigenvalue weighted by Crippen LogP contribution is 2.28. The number of carbonyl (C=O) groups excluding carboxylic acids is 2. The molecule has 6 nitrogen and oxygen atoms in total. The van der Waals surface area contributed by atoms with E-state index >= 15 is 0 Å². The number of urea groups is 1. The average molecular weight is 284 g/mol. The van der Waals surface area contributed by atoms with Crippen LogP contribution in [-0.4, -0.2) is 49.1 Å². The SMILES string of the molecule is CCNC(=O)NC(=O)C(C)N(C)C1CCCCC1CN. The molecule has 1 rings (SSSR count). The van der Waals surface area contributed by atoms with E-state index in [1.807, 2.05) is 20.9 Å². The fourth-order valence-electron chi connectivity index (χ4n) is 2.89. The molecule has 1 saturated carbocycles. The number of amides is 3. The molecule has 4 N–H and O–H groups in total. The summed E-state index contributed by atoms with van der Waals surface area (Å²) >= 11 is 0. The Balaban J connectivity index is 2.57. The summed E-state index contributed by atoms with van der Waals surface area (Å²) in [7, 11) is 1.95. The molecule has 1 aliphatic rings. The highest BCUT2D eigenvalue weighted by Gasteiger charge is 2.32. The molecular weight excluding hydrogens is 256 g/mol. The Morgan fingerprint density at radius 3 is 2.60 bits per heavy atom. The van der Waals surface area contributed by atoms with Crippen molar-refractivity contribution in [2.75, 3.05) is 20.1 Å². The third-order valence-electron chi connectivity index (χ3n) is 4.26. The summed E-state index contributed by atoms with van der Waals surface area (Å²) in [6.07, 6.45) is 4.58. The van der Waals surface area contributed by atoms with Gasteiger partial charge in [-0.05, 0) is 46.2 Å². The first-order valence-electron chi connectivity index (χ1n) is 7.51. The Morgan fingerprint density at radius 2 is 2.00 bits per heavy atom. The van der Waals surface area contributed by atoms with Crippen molar-refractivity contribution in [1.82, 2.24) is 15.5 Å². The molecule has 20 heavy (non-hydrogen) atoms. The van der Waals surface area contributed by atoms with Crippen LogP contribution in [0.4, 0.5) is 4.79 Å². The van der Waals surface area contributed by atoms with Gasteiger partial charge in [-0.2, -0.15) is 0 Å². The molecule has 0 aromatic heterocycles. The van der Waals surface area contributed by atoms with Crippen LogP contribution in [0.1, 0.15) is 39.5 Å². The molecule has 0 spiro atoms. The molecule has 3 unspecified atom stereocenters. The van der Waals surface area contributed by atoms with Crippen LogP contribution >= 0.6 is 0 Å². The zero-order chi connectivity index (χ0) is 15.1. The van der Waals surface area contributed by atoms with Gasteiger partial charge in [0.1, 0.15) is 0 Å². The lowest BCUT2D eigenvalue weighted by Crippen LogP contribution is -2.54. The molecule has 0 aromatic rings. The lowest BCUT2D eigenvalue weighted by atomic mass is 9.83. The van der Waals surface area contributed by atoms with Crippen LogP contribution < -0.4 is 16.4 Å². The Hall–Kier alpha value is -1.14. The number of nitrogens with two attached hydrogens (primary N) is 1. The predicted octanol–water partition coefficient (Wildman–Crippen LogP) is 0.670. The summed E-state index contributed by atoms with van der Waals surface area (Å²) < 4.78 is 0. The van der Waals surface area contributed by atoms with E-state index in [4.69, 9.17) is 5.73 Å². The number of nitrogens with one attached hydrogen (secondary N) is 2. The van der Waals surface area contributed by atoms with Crippen molar-refractivity contribution in [2.45, 2.75) is 51.6 Å². The van der Waals surface area contributed by atoms with Crippen LogP contribution in [0.25, 0.3) is 0 Å². The van der Waals surface area contributed by atoms with Crippen molar-refractivity contribution >= 4 is 11.9 Å². The summed E-state index contributed by atoms with van der Waals surface area (Å²) in [4.78, 5) is 25.5. The maximum Gasteiger partial charge on any atom is 0.321 e. The van der Waals surface area contributed by atoms with Crippen molar-refractivity contribution in [3.8, 4) is 0 Å². The van der Waals surface area contributed by atoms with Gasteiger partial charge in [-0.15, -0.1) is 0 Å². The third-order valence-corrected chi connectivity index (χ3v) is 4.26. The van der Waals surface area contributed by atoms with Gasteiger partial charge in [0.05, 0.1) is 6.04 Å². The smallest absolute Gasteiger partial charge is 0.321 e. The molecule has 3 amide bonds. The molecule has 0 radical (unpaired) electrons. The molecule has 0 aromatic carbocycles. The minimum Gasteiger partial charge on any atom is -0.338 e. The molecule has 1 fully saturated rings. The maximum atomic E-state index is 12.1. The third kappa shape index (κ3) is 4.45. The van der Waals surface area contributed by atoms with Crippen molar-refractivity contribution in [3.63, 3.8) is 0 Å². The van der Waals surface area contributed by atoms with Gasteiger partial charge in [-0.1, -0.05) is 12.8 Å². The van der Waals surface area contributed by atoms with Gasteiger partial charge >= 0.3 is 6.03 Å². The maximum absolute atomic E-state index is 12.1. The van der Waals surface area contributed by atoms with Gasteiger partial charge in [0.25, 0.3) is 0 Å². The minimum absolute atomic E-state index is 0.264. The Labute approximate surface area is 121 Å². The van der Waals surface area contributed by atoms with Gasteiger partial charge in [0.2, 0.25) is 5.91 Å². The molecular formula is C14H28N4O2. The minimum atomic E-state index is -0.434. The second kappa shape index (κ2) is 8.21. The lowest BCUT2D eigenvalue weighted by Gasteiger charge is -2.40. The normalized spacial score (nSPS) is 24.2. The molecule has 0 bridgehead atoms. The highest BCUT2D eigenvalue weighted by molar-refractivity contribution is 5.96. The summed E-state index contributed by atoms with van der Waals surface area (Å²) in [6.45, 7) is 4.80. The highest BCUT2D eigenvalue weighted by atomic mass is 16.2. The summed E-state index contributed by atoms with van der Waals surface area (Å²) in [5.74, 6) is 0.174. The molecule has 0 heterocycles. The topological polar surface area (TPSA) is 87.5 Å². The second-order valence-corrected chi connectivity index (χ2v) is 5.54. The van der Waals surface area contributed by atoms with Crippen LogP contribution in [0.5, 0.6) is 0 Å². The largest absolute Gasteiger partial charge is 0.338 e. The van der Waals surface area contributed by atoms with Crippen molar-refractivity contribution < 1.29 is 9.59 Å². The van der Waals surface area contributed by atoms with Gasteiger partial charge < -0.3 is 11.1 Å². The Morgan fingerprint density at radius 1 is 1.35 bits per heavy atom. The van der Waals surface area contributed by atoms with E-state index < -0.39 is 6.03 Å². The number of carbonyl (C=O) groups is 2. The van der Waals surface area contributed by atoms with Gasteiger partial charge in [0, 0.05) is 12.6 Å². The van der Waals surface area contributed by atoms with E-state index in [1.165, 1.54) is 12.8 Å². The molecule has 3 atom stereocenters. The predicted molar refractivity (Wildman–Crippen MR) is 79.2 cm³/mol. The summed E-state index contributed by atoms with van der Waals surface area (Å²) in [6, 6.07) is -0.449. The van der Waals surface area contributed by atoms with E-state index in [0.717, 1.165) is 12.8 Å². The fraction of sp³-hybridized carbons (Fsp3) is 0.857. The molecule has 6 heteroatoms. The standard InChI is InChI=1S/C14H28N4O2/c1-4-16-14(20)17-13(19)10(2)18(3)12-8-6-5-7-11(12)9-15/h10-12H,4-9,15H2,1-3H3,(H2,16,17,19,20). The first-order chi connectivity index (χ1) is 9.51. The quantitative estimate of drug-likeness (QED) is 0.692. The number of imide groups is 1. The number of nitrogens with zero attached hydrogens (tertiary/aromatic N) is 1. The molecule has 116 valence electrons. The van der Waals surface area contributed by atoms with Gasteiger partial charge in [-0.3, -0.25) is 15.0 Å². The number of likely N-dealkylation sites (N-methyl/N-ethyl adjacent to an activating group) is 1. The number of hydrogen-bond donors (Lipinski definition) is 3. The van der Waals surface area contributed by atoms with E-state index in [0.29, 0.717) is 25.0 Å². The first kappa shape index (κ1) is 16.9. The Kier molecular flexibility index (Phi) is 6.95. The zero-order valence-electron chi connectivity index (χ0n) is 12.8.